The second kappa shape index (κ2) is 5.05. The summed E-state index contributed by atoms with van der Waals surface area (Å²) in [7, 11) is 0. The first kappa shape index (κ1) is 14.0. The van der Waals surface area contributed by atoms with Crippen LogP contribution in [0.4, 0.5) is 0 Å². The number of nitrogens with zero attached hydrogens (tertiary/aromatic N) is 1. The third-order valence-corrected chi connectivity index (χ3v) is 4.53. The van der Waals surface area contributed by atoms with E-state index >= 15 is 0 Å². The molecular formula is C14H30N2. The van der Waals surface area contributed by atoms with Gasteiger partial charge < -0.3 is 5.73 Å². The zero-order chi connectivity index (χ0) is 12.4. The molecule has 16 heavy (non-hydrogen) atoms. The van der Waals surface area contributed by atoms with E-state index in [9.17, 15) is 0 Å². The quantitative estimate of drug-likeness (QED) is 0.781. The maximum atomic E-state index is 6.12. The van der Waals surface area contributed by atoms with Crippen LogP contribution in [-0.2, 0) is 0 Å². The van der Waals surface area contributed by atoms with Crippen molar-refractivity contribution in [3.05, 3.63) is 0 Å². The monoisotopic (exact) mass is 226 g/mol. The van der Waals surface area contributed by atoms with Crippen molar-refractivity contribution >= 4 is 0 Å². The summed E-state index contributed by atoms with van der Waals surface area (Å²) < 4.78 is 0. The summed E-state index contributed by atoms with van der Waals surface area (Å²) >= 11 is 0. The third-order valence-electron chi connectivity index (χ3n) is 4.53. The summed E-state index contributed by atoms with van der Waals surface area (Å²) in [5.74, 6) is 0. The zero-order valence-corrected chi connectivity index (χ0v) is 11.8. The van der Waals surface area contributed by atoms with Crippen LogP contribution in [0.1, 0.15) is 60.3 Å². The summed E-state index contributed by atoms with van der Waals surface area (Å²) in [4.78, 5) is 2.65. The molecule has 1 fully saturated rings. The summed E-state index contributed by atoms with van der Waals surface area (Å²) in [6.07, 6.45) is 5.07. The highest BCUT2D eigenvalue weighted by Gasteiger charge is 2.46. The molecular weight excluding hydrogens is 196 g/mol. The van der Waals surface area contributed by atoms with Gasteiger partial charge in [-0.25, -0.2) is 0 Å². The molecule has 0 amide bonds. The number of likely N-dealkylation sites (N-methyl/N-ethyl adjacent to an activating group) is 1. The predicted octanol–water partition coefficient (Wildman–Crippen LogP) is 3.01. The molecule has 2 N–H and O–H groups in total. The number of rotatable bonds is 5. The van der Waals surface area contributed by atoms with E-state index in [0.717, 1.165) is 13.1 Å². The summed E-state index contributed by atoms with van der Waals surface area (Å²) in [5, 5.41) is 0. The Bertz CT molecular complexity index is 225. The average Bonchev–Trinajstić information content (AvgIpc) is 2.56. The molecule has 96 valence electrons. The summed E-state index contributed by atoms with van der Waals surface area (Å²) in [6, 6.07) is 0.655. The maximum Gasteiger partial charge on any atom is 0.0339 e. The summed E-state index contributed by atoms with van der Waals surface area (Å²) in [5.41, 5.74) is 6.86. The molecule has 1 rings (SSSR count). The Morgan fingerprint density at radius 3 is 2.19 bits per heavy atom. The van der Waals surface area contributed by atoms with Crippen LogP contribution in [0, 0.1) is 5.41 Å². The smallest absolute Gasteiger partial charge is 0.0339 e. The van der Waals surface area contributed by atoms with Gasteiger partial charge in [-0.2, -0.15) is 0 Å². The molecule has 1 aliphatic carbocycles. The molecule has 0 aromatic rings. The van der Waals surface area contributed by atoms with Crippen molar-refractivity contribution in [1.82, 2.24) is 4.90 Å². The van der Waals surface area contributed by atoms with Crippen molar-refractivity contribution in [1.29, 1.82) is 0 Å². The first-order chi connectivity index (χ1) is 7.40. The first-order valence-electron chi connectivity index (χ1n) is 6.87. The lowest BCUT2D eigenvalue weighted by atomic mass is 9.86. The van der Waals surface area contributed by atoms with E-state index in [2.05, 4.69) is 39.5 Å². The van der Waals surface area contributed by atoms with Crippen molar-refractivity contribution in [3.8, 4) is 0 Å². The molecule has 0 saturated heterocycles. The van der Waals surface area contributed by atoms with Crippen molar-refractivity contribution in [3.63, 3.8) is 0 Å². The molecule has 1 aliphatic rings. The van der Waals surface area contributed by atoms with Gasteiger partial charge in [0, 0.05) is 18.1 Å². The highest BCUT2D eigenvalue weighted by molar-refractivity contribution is 5.03. The molecule has 0 heterocycles. The fourth-order valence-corrected chi connectivity index (χ4v) is 3.51. The highest BCUT2D eigenvalue weighted by atomic mass is 15.2. The number of hydrogen-bond donors (Lipinski definition) is 1. The molecule has 0 aromatic heterocycles. The predicted molar refractivity (Wildman–Crippen MR) is 71.6 cm³/mol. The minimum Gasteiger partial charge on any atom is -0.329 e. The SMILES string of the molecule is CCC(C)N(CC)C1(CN)CCC(C)(C)C1. The number of nitrogens with two attached hydrogens (primary N) is 1. The molecule has 0 bridgehead atoms. The Labute approximate surface area is 102 Å². The molecule has 2 atom stereocenters. The van der Waals surface area contributed by atoms with E-state index < -0.39 is 0 Å². The van der Waals surface area contributed by atoms with Gasteiger partial charge in [-0.1, -0.05) is 27.7 Å². The lowest BCUT2D eigenvalue weighted by Gasteiger charge is -2.44. The second-order valence-electron chi connectivity index (χ2n) is 6.31. The fourth-order valence-electron chi connectivity index (χ4n) is 3.51. The van der Waals surface area contributed by atoms with Crippen molar-refractivity contribution < 1.29 is 0 Å². The molecule has 0 spiro atoms. The lowest BCUT2D eigenvalue weighted by Crippen LogP contribution is -2.55. The lowest BCUT2D eigenvalue weighted by molar-refractivity contribution is 0.0546. The van der Waals surface area contributed by atoms with Gasteiger partial charge in [0.2, 0.25) is 0 Å². The van der Waals surface area contributed by atoms with Crippen LogP contribution in [0.25, 0.3) is 0 Å². The minimum atomic E-state index is 0.272. The van der Waals surface area contributed by atoms with E-state index in [1.807, 2.05) is 0 Å². The molecule has 1 saturated carbocycles. The van der Waals surface area contributed by atoms with E-state index in [0.29, 0.717) is 11.5 Å². The molecule has 0 aliphatic heterocycles. The number of hydrogen-bond acceptors (Lipinski definition) is 2. The van der Waals surface area contributed by atoms with Crippen LogP contribution in [0.15, 0.2) is 0 Å². The van der Waals surface area contributed by atoms with Gasteiger partial charge in [0.1, 0.15) is 0 Å². The summed E-state index contributed by atoms with van der Waals surface area (Å²) in [6.45, 7) is 13.6. The second-order valence-corrected chi connectivity index (χ2v) is 6.31. The van der Waals surface area contributed by atoms with Gasteiger partial charge in [-0.05, 0) is 44.6 Å². The molecule has 0 radical (unpaired) electrons. The van der Waals surface area contributed by atoms with Gasteiger partial charge in [-0.3, -0.25) is 4.90 Å². The molecule has 2 unspecified atom stereocenters. The van der Waals surface area contributed by atoms with Crippen LogP contribution in [0.5, 0.6) is 0 Å². The molecule has 0 aromatic carbocycles. The molecule has 2 heteroatoms. The largest absolute Gasteiger partial charge is 0.329 e. The van der Waals surface area contributed by atoms with Gasteiger partial charge in [0.05, 0.1) is 0 Å². The Balaban J connectivity index is 2.87. The van der Waals surface area contributed by atoms with Gasteiger partial charge >= 0.3 is 0 Å². The van der Waals surface area contributed by atoms with Crippen LogP contribution in [0.2, 0.25) is 0 Å². The van der Waals surface area contributed by atoms with E-state index in [4.69, 9.17) is 5.73 Å². The van der Waals surface area contributed by atoms with Gasteiger partial charge in [-0.15, -0.1) is 0 Å². The normalized spacial score (nSPS) is 30.9. The van der Waals surface area contributed by atoms with Crippen LogP contribution >= 0.6 is 0 Å². The standard InChI is InChI=1S/C14H30N2/c1-6-12(3)16(7-2)14(11-15)9-8-13(4,5)10-14/h12H,6-11,15H2,1-5H3. The minimum absolute atomic E-state index is 0.272. The van der Waals surface area contributed by atoms with Crippen molar-refractivity contribution in [2.45, 2.75) is 71.9 Å². The van der Waals surface area contributed by atoms with Crippen molar-refractivity contribution in [2.24, 2.45) is 11.1 Å². The highest BCUT2D eigenvalue weighted by Crippen LogP contribution is 2.46. The Morgan fingerprint density at radius 1 is 1.25 bits per heavy atom. The average molecular weight is 226 g/mol. The molecule has 2 nitrogen and oxygen atoms in total. The van der Waals surface area contributed by atoms with Gasteiger partial charge in [0.25, 0.3) is 0 Å². The van der Waals surface area contributed by atoms with Crippen LogP contribution in [-0.4, -0.2) is 29.6 Å². The van der Waals surface area contributed by atoms with Crippen LogP contribution < -0.4 is 5.73 Å². The maximum absolute atomic E-state index is 6.12. The first-order valence-corrected chi connectivity index (χ1v) is 6.87. The Hall–Kier alpha value is -0.0800. The van der Waals surface area contributed by atoms with E-state index in [1.165, 1.54) is 25.7 Å². The topological polar surface area (TPSA) is 29.3 Å². The Kier molecular flexibility index (Phi) is 4.42. The van der Waals surface area contributed by atoms with Crippen molar-refractivity contribution in [2.75, 3.05) is 13.1 Å². The third kappa shape index (κ3) is 2.60. The van der Waals surface area contributed by atoms with E-state index in [1.54, 1.807) is 0 Å². The van der Waals surface area contributed by atoms with Crippen LogP contribution in [0.3, 0.4) is 0 Å². The fraction of sp³-hybridized carbons (Fsp3) is 1.00. The Morgan fingerprint density at radius 2 is 1.88 bits per heavy atom. The zero-order valence-electron chi connectivity index (χ0n) is 11.8. The van der Waals surface area contributed by atoms with Gasteiger partial charge in [0.15, 0.2) is 0 Å². The van der Waals surface area contributed by atoms with E-state index in [-0.39, 0.29) is 5.54 Å².